The molecule has 8 nitrogen and oxygen atoms in total. The predicted octanol–water partition coefficient (Wildman–Crippen LogP) is 2.85. The topological polar surface area (TPSA) is 91.3 Å². The third-order valence-electron chi connectivity index (χ3n) is 5.61. The van der Waals surface area contributed by atoms with Crippen LogP contribution in [0, 0.1) is 5.92 Å². The van der Waals surface area contributed by atoms with Crippen LogP contribution in [0.25, 0.3) is 0 Å². The van der Waals surface area contributed by atoms with Gasteiger partial charge < -0.3 is 24.4 Å². The second-order valence-corrected chi connectivity index (χ2v) is 8.81. The minimum Gasteiger partial charge on any atom is -0.497 e. The molecule has 31 heavy (non-hydrogen) atoms. The van der Waals surface area contributed by atoms with E-state index in [9.17, 15) is 14.7 Å². The van der Waals surface area contributed by atoms with Crippen molar-refractivity contribution >= 4 is 28.3 Å². The Balaban J connectivity index is 1.80. The number of nitrogens with zero attached hydrogens (tertiary/aromatic N) is 2. The molecule has 1 fully saturated rings. The van der Waals surface area contributed by atoms with Crippen LogP contribution in [0.15, 0.2) is 35.7 Å². The van der Waals surface area contributed by atoms with Crippen molar-refractivity contribution in [2.45, 2.75) is 12.0 Å². The lowest BCUT2D eigenvalue weighted by atomic mass is 9.75. The van der Waals surface area contributed by atoms with Crippen molar-refractivity contribution < 1.29 is 24.2 Å². The molecular formula is C22H29N3O5S. The van der Waals surface area contributed by atoms with E-state index in [1.165, 1.54) is 18.4 Å². The second-order valence-electron chi connectivity index (χ2n) is 7.90. The van der Waals surface area contributed by atoms with Crippen molar-refractivity contribution in [2.75, 3.05) is 53.3 Å². The first-order chi connectivity index (χ1) is 14.8. The number of anilines is 1. The molecular weight excluding hydrogens is 418 g/mol. The first kappa shape index (κ1) is 23.1. The number of carbonyl (C=O) groups is 2. The largest absolute Gasteiger partial charge is 0.497 e. The van der Waals surface area contributed by atoms with E-state index in [4.69, 9.17) is 9.47 Å². The maximum absolute atomic E-state index is 13.0. The summed E-state index contributed by atoms with van der Waals surface area (Å²) in [6.45, 7) is 1.35. The van der Waals surface area contributed by atoms with E-state index in [0.717, 1.165) is 5.56 Å². The van der Waals surface area contributed by atoms with Crippen molar-refractivity contribution in [3.8, 4) is 5.75 Å². The molecule has 1 aliphatic heterocycles. The highest BCUT2D eigenvalue weighted by atomic mass is 32.1. The fourth-order valence-corrected chi connectivity index (χ4v) is 4.74. The van der Waals surface area contributed by atoms with Gasteiger partial charge in [-0.05, 0) is 49.7 Å². The Bertz CT molecular complexity index is 931. The van der Waals surface area contributed by atoms with Gasteiger partial charge in [0.1, 0.15) is 10.8 Å². The number of benzene rings is 1. The number of likely N-dealkylation sites (tertiary alicyclic amines) is 1. The minimum absolute atomic E-state index is 0.211. The number of piperidine rings is 1. The number of amides is 2. The highest BCUT2D eigenvalue weighted by Crippen LogP contribution is 2.39. The monoisotopic (exact) mass is 447 g/mol. The highest BCUT2D eigenvalue weighted by Gasteiger charge is 2.44. The van der Waals surface area contributed by atoms with Crippen molar-refractivity contribution in [3.63, 3.8) is 0 Å². The van der Waals surface area contributed by atoms with Crippen LogP contribution in [0.3, 0.4) is 0 Å². The van der Waals surface area contributed by atoms with Gasteiger partial charge in [-0.1, -0.05) is 12.1 Å². The summed E-state index contributed by atoms with van der Waals surface area (Å²) in [6.07, 6.45) is 0.389. The summed E-state index contributed by atoms with van der Waals surface area (Å²) in [4.78, 5) is 28.5. The zero-order valence-electron chi connectivity index (χ0n) is 18.3. The third kappa shape index (κ3) is 5.00. The van der Waals surface area contributed by atoms with Gasteiger partial charge in [-0.3, -0.25) is 5.32 Å². The number of hydrogen-bond donors (Lipinski definition) is 2. The molecule has 2 N–H and O–H groups in total. The van der Waals surface area contributed by atoms with Gasteiger partial charge in [0.05, 0.1) is 25.4 Å². The standard InChI is InChI=1S/C22H29N3O5S/c1-24(2)13-16-14-25(21(27)23-19-18(8-11-31-19)20(26)30-4)10-9-22(16,28)15-6-5-7-17(12-15)29-3/h5-8,11-12,16,28H,9-10,13-14H2,1-4H3,(H,23,27). The highest BCUT2D eigenvalue weighted by molar-refractivity contribution is 7.14. The van der Waals surface area contributed by atoms with Crippen molar-refractivity contribution in [1.29, 1.82) is 0 Å². The molecule has 0 saturated carbocycles. The number of rotatable bonds is 6. The van der Waals surface area contributed by atoms with Crippen LogP contribution in [-0.4, -0.2) is 74.9 Å². The van der Waals surface area contributed by atoms with Gasteiger partial charge in [0.25, 0.3) is 0 Å². The van der Waals surface area contributed by atoms with Crippen LogP contribution in [0.1, 0.15) is 22.3 Å². The maximum Gasteiger partial charge on any atom is 0.340 e. The summed E-state index contributed by atoms with van der Waals surface area (Å²) in [5.41, 5.74) is 0.0240. The lowest BCUT2D eigenvalue weighted by molar-refractivity contribution is -0.0750. The van der Waals surface area contributed by atoms with E-state index >= 15 is 0 Å². The fourth-order valence-electron chi connectivity index (χ4n) is 3.98. The van der Waals surface area contributed by atoms with Crippen LogP contribution in [0.4, 0.5) is 9.80 Å². The van der Waals surface area contributed by atoms with Gasteiger partial charge in [0.2, 0.25) is 0 Å². The second kappa shape index (κ2) is 9.67. The predicted molar refractivity (Wildman–Crippen MR) is 120 cm³/mol. The molecule has 2 aromatic rings. The molecule has 2 amide bonds. The molecule has 2 unspecified atom stereocenters. The third-order valence-corrected chi connectivity index (χ3v) is 6.44. The zero-order valence-corrected chi connectivity index (χ0v) is 19.1. The average Bonchev–Trinajstić information content (AvgIpc) is 3.22. The van der Waals surface area contributed by atoms with Crippen LogP contribution in [0.2, 0.25) is 0 Å². The van der Waals surface area contributed by atoms with Crippen LogP contribution < -0.4 is 10.1 Å². The molecule has 9 heteroatoms. The number of nitrogens with one attached hydrogen (secondary N) is 1. The molecule has 1 saturated heterocycles. The normalized spacial score (nSPS) is 21.1. The van der Waals surface area contributed by atoms with E-state index in [0.29, 0.717) is 42.4 Å². The van der Waals surface area contributed by atoms with E-state index < -0.39 is 11.6 Å². The molecule has 0 bridgehead atoms. The number of aliphatic hydroxyl groups is 1. The van der Waals surface area contributed by atoms with E-state index in [1.807, 2.05) is 43.3 Å². The zero-order chi connectivity index (χ0) is 22.6. The van der Waals surface area contributed by atoms with E-state index in [2.05, 4.69) is 5.32 Å². The summed E-state index contributed by atoms with van der Waals surface area (Å²) in [5.74, 6) is -0.0201. The van der Waals surface area contributed by atoms with Gasteiger partial charge in [-0.2, -0.15) is 0 Å². The van der Waals surface area contributed by atoms with Crippen molar-refractivity contribution in [2.24, 2.45) is 5.92 Å². The van der Waals surface area contributed by atoms with Gasteiger partial charge >= 0.3 is 12.0 Å². The number of hydrogen-bond acceptors (Lipinski definition) is 7. The first-order valence-electron chi connectivity index (χ1n) is 10.0. The van der Waals surface area contributed by atoms with Gasteiger partial charge in [-0.15, -0.1) is 11.3 Å². The van der Waals surface area contributed by atoms with Crippen molar-refractivity contribution in [1.82, 2.24) is 9.80 Å². The molecule has 0 aliphatic carbocycles. The molecule has 3 rings (SSSR count). The quantitative estimate of drug-likeness (QED) is 0.662. The Morgan fingerprint density at radius 1 is 1.32 bits per heavy atom. The minimum atomic E-state index is -1.09. The first-order valence-corrected chi connectivity index (χ1v) is 10.9. The molecule has 1 aromatic carbocycles. The smallest absolute Gasteiger partial charge is 0.340 e. The molecule has 2 heterocycles. The fraction of sp³-hybridized carbons (Fsp3) is 0.455. The van der Waals surface area contributed by atoms with Gasteiger partial charge in [-0.25, -0.2) is 9.59 Å². The number of urea groups is 1. The molecule has 1 aromatic heterocycles. The maximum atomic E-state index is 13.0. The average molecular weight is 448 g/mol. The van der Waals surface area contributed by atoms with Crippen LogP contribution in [-0.2, 0) is 10.3 Å². The lowest BCUT2D eigenvalue weighted by Gasteiger charge is -2.45. The SMILES string of the molecule is COC(=O)c1ccsc1NC(=O)N1CCC(O)(c2cccc(OC)c2)C(CN(C)C)C1. The molecule has 0 radical (unpaired) electrons. The Labute approximate surface area is 186 Å². The molecule has 0 spiro atoms. The Morgan fingerprint density at radius 3 is 2.77 bits per heavy atom. The summed E-state index contributed by atoms with van der Waals surface area (Å²) in [5, 5.41) is 16.7. The summed E-state index contributed by atoms with van der Waals surface area (Å²) >= 11 is 1.27. The van der Waals surface area contributed by atoms with E-state index in [1.54, 1.807) is 23.5 Å². The number of ether oxygens (including phenoxy) is 2. The summed E-state index contributed by atoms with van der Waals surface area (Å²) in [7, 11) is 6.79. The summed E-state index contributed by atoms with van der Waals surface area (Å²) < 4.78 is 10.1. The Kier molecular flexibility index (Phi) is 7.19. The Morgan fingerprint density at radius 2 is 2.10 bits per heavy atom. The molecule has 168 valence electrons. The van der Waals surface area contributed by atoms with Crippen molar-refractivity contribution in [3.05, 3.63) is 46.8 Å². The number of carbonyl (C=O) groups excluding carboxylic acids is 2. The van der Waals surface area contributed by atoms with E-state index in [-0.39, 0.29) is 11.9 Å². The van der Waals surface area contributed by atoms with Gasteiger partial charge in [0.15, 0.2) is 0 Å². The Hall–Kier alpha value is -2.62. The summed E-state index contributed by atoms with van der Waals surface area (Å²) in [6, 6.07) is 8.78. The van der Waals surface area contributed by atoms with Gasteiger partial charge in [0, 0.05) is 25.6 Å². The number of thiophene rings is 1. The number of esters is 1. The molecule has 1 aliphatic rings. The molecule has 2 atom stereocenters. The van der Waals surface area contributed by atoms with Crippen LogP contribution >= 0.6 is 11.3 Å². The lowest BCUT2D eigenvalue weighted by Crippen LogP contribution is -2.55. The number of methoxy groups -OCH3 is 2. The van der Waals surface area contributed by atoms with Crippen LogP contribution in [0.5, 0.6) is 5.75 Å².